The Morgan fingerprint density at radius 3 is 2.58 bits per heavy atom. The molecule has 6 heteroatoms. The lowest BCUT2D eigenvalue weighted by molar-refractivity contribution is -0.147. The van der Waals surface area contributed by atoms with Gasteiger partial charge in [-0.15, -0.1) is 0 Å². The fraction of sp³-hybridized carbons (Fsp3) is 0.846. The average molecular weight is 272 g/mol. The summed E-state index contributed by atoms with van der Waals surface area (Å²) in [5.74, 6) is -0.997. The summed E-state index contributed by atoms with van der Waals surface area (Å²) in [4.78, 5) is 26.8. The van der Waals surface area contributed by atoms with Crippen molar-refractivity contribution in [1.29, 1.82) is 0 Å². The van der Waals surface area contributed by atoms with Gasteiger partial charge in [-0.3, -0.25) is 0 Å². The predicted molar refractivity (Wildman–Crippen MR) is 71.1 cm³/mol. The number of likely N-dealkylation sites (N-methyl/N-ethyl adjacent to an activating group) is 1. The summed E-state index contributed by atoms with van der Waals surface area (Å²) in [5, 5.41) is 9.25. The van der Waals surface area contributed by atoms with E-state index >= 15 is 0 Å². The highest BCUT2D eigenvalue weighted by atomic mass is 16.5. The molecule has 19 heavy (non-hydrogen) atoms. The molecule has 0 spiro atoms. The molecule has 1 aliphatic heterocycles. The number of amides is 2. The molecule has 1 heterocycles. The maximum atomic E-state index is 12.5. The van der Waals surface area contributed by atoms with Crippen LogP contribution in [0.25, 0.3) is 0 Å². The number of methoxy groups -OCH3 is 1. The van der Waals surface area contributed by atoms with E-state index < -0.39 is 11.5 Å². The summed E-state index contributed by atoms with van der Waals surface area (Å²) in [6, 6.07) is -0.225. The number of carbonyl (C=O) groups is 2. The number of nitrogens with zero attached hydrogens (tertiary/aromatic N) is 2. The van der Waals surface area contributed by atoms with Gasteiger partial charge in [0.2, 0.25) is 0 Å². The topological polar surface area (TPSA) is 70.1 Å². The maximum Gasteiger partial charge on any atom is 0.329 e. The Hall–Kier alpha value is -1.30. The van der Waals surface area contributed by atoms with Gasteiger partial charge in [-0.2, -0.15) is 0 Å². The van der Waals surface area contributed by atoms with E-state index in [4.69, 9.17) is 4.74 Å². The summed E-state index contributed by atoms with van der Waals surface area (Å²) in [5.41, 5.74) is -1.20. The van der Waals surface area contributed by atoms with Crippen LogP contribution in [0.15, 0.2) is 0 Å². The molecule has 2 amide bonds. The molecule has 0 aliphatic carbocycles. The van der Waals surface area contributed by atoms with E-state index in [1.807, 2.05) is 0 Å². The van der Waals surface area contributed by atoms with Crippen molar-refractivity contribution >= 4 is 12.0 Å². The first-order chi connectivity index (χ1) is 8.84. The van der Waals surface area contributed by atoms with Gasteiger partial charge in [0.05, 0.1) is 6.10 Å². The van der Waals surface area contributed by atoms with Crippen molar-refractivity contribution in [2.75, 3.05) is 26.7 Å². The van der Waals surface area contributed by atoms with Crippen molar-refractivity contribution in [3.8, 4) is 0 Å². The Kier molecular flexibility index (Phi) is 5.17. The molecule has 0 aromatic carbocycles. The zero-order chi connectivity index (χ0) is 14.6. The van der Waals surface area contributed by atoms with Gasteiger partial charge in [0.25, 0.3) is 0 Å². The molecule has 0 aromatic heterocycles. The van der Waals surface area contributed by atoms with Crippen molar-refractivity contribution in [2.24, 2.45) is 0 Å². The lowest BCUT2D eigenvalue weighted by Gasteiger charge is -2.40. The van der Waals surface area contributed by atoms with E-state index in [-0.39, 0.29) is 12.1 Å². The quantitative estimate of drug-likeness (QED) is 0.840. The summed E-state index contributed by atoms with van der Waals surface area (Å²) < 4.78 is 5.29. The van der Waals surface area contributed by atoms with Gasteiger partial charge in [-0.05, 0) is 33.6 Å². The molecule has 1 fully saturated rings. The van der Waals surface area contributed by atoms with E-state index in [1.54, 1.807) is 32.8 Å². The molecule has 0 bridgehead atoms. The van der Waals surface area contributed by atoms with Crippen LogP contribution in [0.5, 0.6) is 0 Å². The van der Waals surface area contributed by atoms with Crippen LogP contribution in [0, 0.1) is 0 Å². The van der Waals surface area contributed by atoms with Gasteiger partial charge in [-0.1, -0.05) is 0 Å². The molecule has 0 aromatic rings. The lowest BCUT2D eigenvalue weighted by atomic mass is 10.0. The van der Waals surface area contributed by atoms with Gasteiger partial charge in [-0.25, -0.2) is 9.59 Å². The number of piperidine rings is 1. The van der Waals surface area contributed by atoms with Gasteiger partial charge in [0, 0.05) is 26.7 Å². The van der Waals surface area contributed by atoms with E-state index in [2.05, 4.69) is 0 Å². The summed E-state index contributed by atoms with van der Waals surface area (Å²) >= 11 is 0. The van der Waals surface area contributed by atoms with Gasteiger partial charge in [0.15, 0.2) is 0 Å². The first kappa shape index (κ1) is 15.8. The third kappa shape index (κ3) is 3.37. The number of hydrogen-bond donors (Lipinski definition) is 1. The molecular formula is C13H24N2O4. The molecule has 0 saturated carbocycles. The standard InChI is InChI=1S/C13H24N2O4/c1-5-15(13(2,3)11(16)17)12(18)14-8-6-7-10(9-14)19-4/h10H,5-9H2,1-4H3,(H,16,17). The van der Waals surface area contributed by atoms with Crippen molar-refractivity contribution in [1.82, 2.24) is 9.80 Å². The summed E-state index contributed by atoms with van der Waals surface area (Å²) in [6.45, 7) is 6.45. The second-order valence-corrected chi connectivity index (χ2v) is 5.34. The van der Waals surface area contributed by atoms with Crippen LogP contribution in [0.2, 0.25) is 0 Å². The minimum atomic E-state index is -1.20. The van der Waals surface area contributed by atoms with Gasteiger partial charge in [0.1, 0.15) is 5.54 Å². The zero-order valence-electron chi connectivity index (χ0n) is 12.2. The molecule has 6 nitrogen and oxygen atoms in total. The fourth-order valence-corrected chi connectivity index (χ4v) is 2.36. The number of carboxylic acid groups (broad SMARTS) is 1. The number of carbonyl (C=O) groups excluding carboxylic acids is 1. The number of carboxylic acids is 1. The third-order valence-corrected chi connectivity index (χ3v) is 3.73. The minimum absolute atomic E-state index is 0.0457. The minimum Gasteiger partial charge on any atom is -0.480 e. The van der Waals surface area contributed by atoms with Crippen LogP contribution in [0.3, 0.4) is 0 Å². The number of hydrogen-bond acceptors (Lipinski definition) is 3. The number of rotatable bonds is 4. The van der Waals surface area contributed by atoms with Gasteiger partial charge < -0.3 is 19.6 Å². The predicted octanol–water partition coefficient (Wildman–Crippen LogP) is 1.40. The van der Waals surface area contributed by atoms with Crippen LogP contribution in [0.1, 0.15) is 33.6 Å². The normalized spacial score (nSPS) is 20.2. The number of urea groups is 1. The number of aliphatic carboxylic acids is 1. The second kappa shape index (κ2) is 6.23. The van der Waals surface area contributed by atoms with Crippen LogP contribution in [-0.4, -0.2) is 65.3 Å². The first-order valence-electron chi connectivity index (χ1n) is 6.67. The third-order valence-electron chi connectivity index (χ3n) is 3.73. The molecule has 110 valence electrons. The number of ether oxygens (including phenoxy) is 1. The van der Waals surface area contributed by atoms with Crippen molar-refractivity contribution in [3.05, 3.63) is 0 Å². The zero-order valence-corrected chi connectivity index (χ0v) is 12.2. The van der Waals surface area contributed by atoms with Crippen LogP contribution < -0.4 is 0 Å². The van der Waals surface area contributed by atoms with Crippen LogP contribution in [-0.2, 0) is 9.53 Å². The molecule has 1 N–H and O–H groups in total. The molecule has 1 unspecified atom stereocenters. The highest BCUT2D eigenvalue weighted by Crippen LogP contribution is 2.20. The van der Waals surface area contributed by atoms with E-state index in [9.17, 15) is 14.7 Å². The largest absolute Gasteiger partial charge is 0.480 e. The van der Waals surface area contributed by atoms with E-state index in [1.165, 1.54) is 4.90 Å². The van der Waals surface area contributed by atoms with E-state index in [0.29, 0.717) is 19.6 Å². The Balaban J connectivity index is 2.81. The molecule has 0 radical (unpaired) electrons. The maximum absolute atomic E-state index is 12.5. The van der Waals surface area contributed by atoms with E-state index in [0.717, 1.165) is 12.8 Å². The highest BCUT2D eigenvalue weighted by Gasteiger charge is 2.39. The smallest absolute Gasteiger partial charge is 0.329 e. The molecule has 1 saturated heterocycles. The Morgan fingerprint density at radius 1 is 1.47 bits per heavy atom. The monoisotopic (exact) mass is 272 g/mol. The second-order valence-electron chi connectivity index (χ2n) is 5.34. The molecular weight excluding hydrogens is 248 g/mol. The van der Waals surface area contributed by atoms with Crippen molar-refractivity contribution in [2.45, 2.75) is 45.3 Å². The van der Waals surface area contributed by atoms with Crippen LogP contribution >= 0.6 is 0 Å². The average Bonchev–Trinajstić information content (AvgIpc) is 2.39. The first-order valence-corrected chi connectivity index (χ1v) is 6.67. The lowest BCUT2D eigenvalue weighted by Crippen LogP contribution is -2.58. The summed E-state index contributed by atoms with van der Waals surface area (Å²) in [7, 11) is 1.64. The fourth-order valence-electron chi connectivity index (χ4n) is 2.36. The highest BCUT2D eigenvalue weighted by molar-refractivity contribution is 5.85. The Morgan fingerprint density at radius 2 is 2.11 bits per heavy atom. The Bertz CT molecular complexity index is 344. The molecule has 1 aliphatic rings. The van der Waals surface area contributed by atoms with Crippen LogP contribution in [0.4, 0.5) is 4.79 Å². The van der Waals surface area contributed by atoms with Crippen molar-refractivity contribution < 1.29 is 19.4 Å². The summed E-state index contributed by atoms with van der Waals surface area (Å²) in [6.07, 6.45) is 1.87. The van der Waals surface area contributed by atoms with Crippen molar-refractivity contribution in [3.63, 3.8) is 0 Å². The molecule has 1 atom stereocenters. The molecule has 1 rings (SSSR count). The number of likely N-dealkylation sites (tertiary alicyclic amines) is 1. The van der Waals surface area contributed by atoms with Gasteiger partial charge >= 0.3 is 12.0 Å². The SMILES string of the molecule is CCN(C(=O)N1CCCC(OC)C1)C(C)(C)C(=O)O. The Labute approximate surface area is 114 Å².